The molecule has 5 heteroatoms. The Morgan fingerprint density at radius 3 is 2.85 bits per heavy atom. The minimum Gasteiger partial charge on any atom is -0.396 e. The van der Waals surface area contributed by atoms with Crippen molar-refractivity contribution in [1.29, 1.82) is 0 Å². The first-order chi connectivity index (χ1) is 9.53. The second-order valence-corrected chi connectivity index (χ2v) is 5.57. The number of aromatic nitrogens is 1. The number of aromatic amines is 1. The van der Waals surface area contributed by atoms with Gasteiger partial charge in [-0.1, -0.05) is 0 Å². The predicted octanol–water partition coefficient (Wildman–Crippen LogP) is 2.26. The fourth-order valence-electron chi connectivity index (χ4n) is 2.61. The Bertz CT molecular complexity index is 674. The van der Waals surface area contributed by atoms with Gasteiger partial charge in [0.25, 0.3) is 5.91 Å². The lowest BCUT2D eigenvalue weighted by atomic mass is 10.1. The maximum atomic E-state index is 13.3. The molecule has 1 aliphatic carbocycles. The summed E-state index contributed by atoms with van der Waals surface area (Å²) in [5.41, 5.74) is 1.60. The number of aryl methyl sites for hydroxylation is 1. The third-order valence-corrected chi connectivity index (χ3v) is 3.98. The van der Waals surface area contributed by atoms with E-state index in [1.54, 1.807) is 6.07 Å². The normalized spacial score (nSPS) is 16.4. The number of halogens is 1. The number of amides is 1. The summed E-state index contributed by atoms with van der Waals surface area (Å²) in [6.45, 7) is 1.88. The molecule has 1 saturated carbocycles. The van der Waals surface area contributed by atoms with Gasteiger partial charge in [-0.25, -0.2) is 4.39 Å². The summed E-state index contributed by atoms with van der Waals surface area (Å²) in [6, 6.07) is 4.58. The number of aliphatic hydroxyl groups excluding tert-OH is 1. The molecule has 20 heavy (non-hydrogen) atoms. The van der Waals surface area contributed by atoms with Crippen molar-refractivity contribution < 1.29 is 14.3 Å². The number of aliphatic hydroxyl groups is 1. The predicted molar refractivity (Wildman–Crippen MR) is 74.1 cm³/mol. The number of fused-ring (bicyclic) bond motifs is 1. The van der Waals surface area contributed by atoms with E-state index in [1.165, 1.54) is 12.1 Å². The molecular weight excluding hydrogens is 259 g/mol. The van der Waals surface area contributed by atoms with E-state index in [0.717, 1.165) is 23.8 Å². The number of hydrogen-bond donors (Lipinski definition) is 3. The Hall–Kier alpha value is -1.88. The van der Waals surface area contributed by atoms with Crippen molar-refractivity contribution in [3.8, 4) is 0 Å². The van der Waals surface area contributed by atoms with Crippen molar-refractivity contribution >= 4 is 16.8 Å². The van der Waals surface area contributed by atoms with Gasteiger partial charge in [0, 0.05) is 23.0 Å². The van der Waals surface area contributed by atoms with Crippen LogP contribution in [0.1, 0.15) is 35.3 Å². The molecule has 1 aromatic heterocycles. The minimum atomic E-state index is -0.317. The number of carbonyl (C=O) groups excluding carboxylic acids is 1. The number of rotatable bonds is 4. The van der Waals surface area contributed by atoms with Crippen LogP contribution >= 0.6 is 0 Å². The smallest absolute Gasteiger partial charge is 0.268 e. The monoisotopic (exact) mass is 276 g/mol. The maximum absolute atomic E-state index is 13.3. The Morgan fingerprint density at radius 1 is 1.45 bits per heavy atom. The van der Waals surface area contributed by atoms with Crippen LogP contribution in [0, 0.1) is 12.7 Å². The third-order valence-electron chi connectivity index (χ3n) is 3.98. The SMILES string of the molecule is Cc1cc(F)cc2[nH]c(C(=O)NC3(CCO)CC3)cc12. The molecular formula is C15H17FN2O2. The number of nitrogens with one attached hydrogen (secondary N) is 2. The summed E-state index contributed by atoms with van der Waals surface area (Å²) >= 11 is 0. The van der Waals surface area contributed by atoms with Crippen molar-refractivity contribution in [1.82, 2.24) is 10.3 Å². The second kappa shape index (κ2) is 4.59. The Kier molecular flexibility index (Phi) is 3.01. The highest BCUT2D eigenvalue weighted by Crippen LogP contribution is 2.38. The van der Waals surface area contributed by atoms with E-state index in [9.17, 15) is 9.18 Å². The first-order valence-corrected chi connectivity index (χ1v) is 6.75. The van der Waals surface area contributed by atoms with Crippen LogP contribution in [0.15, 0.2) is 18.2 Å². The quantitative estimate of drug-likeness (QED) is 0.802. The molecule has 0 radical (unpaired) electrons. The molecule has 3 rings (SSSR count). The van der Waals surface area contributed by atoms with Crippen LogP contribution in [-0.2, 0) is 0 Å². The molecule has 1 aromatic carbocycles. The highest BCUT2D eigenvalue weighted by Gasteiger charge is 2.43. The highest BCUT2D eigenvalue weighted by atomic mass is 19.1. The van der Waals surface area contributed by atoms with Gasteiger partial charge in [-0.05, 0) is 49.9 Å². The van der Waals surface area contributed by atoms with Crippen LogP contribution < -0.4 is 5.32 Å². The van der Waals surface area contributed by atoms with Gasteiger partial charge in [0.15, 0.2) is 0 Å². The summed E-state index contributed by atoms with van der Waals surface area (Å²) < 4.78 is 13.3. The van der Waals surface area contributed by atoms with E-state index >= 15 is 0 Å². The van der Waals surface area contributed by atoms with Crippen molar-refractivity contribution in [3.05, 3.63) is 35.3 Å². The molecule has 1 aliphatic rings. The van der Waals surface area contributed by atoms with Crippen LogP contribution in [0.3, 0.4) is 0 Å². The molecule has 106 valence electrons. The molecule has 1 heterocycles. The van der Waals surface area contributed by atoms with Gasteiger partial charge in [-0.15, -0.1) is 0 Å². The van der Waals surface area contributed by atoms with E-state index < -0.39 is 0 Å². The van der Waals surface area contributed by atoms with Crippen LogP contribution in [0.2, 0.25) is 0 Å². The largest absolute Gasteiger partial charge is 0.396 e. The Morgan fingerprint density at radius 2 is 2.20 bits per heavy atom. The van der Waals surface area contributed by atoms with Crippen molar-refractivity contribution in [3.63, 3.8) is 0 Å². The van der Waals surface area contributed by atoms with Gasteiger partial charge in [-0.2, -0.15) is 0 Å². The van der Waals surface area contributed by atoms with E-state index in [0.29, 0.717) is 17.6 Å². The molecule has 4 nitrogen and oxygen atoms in total. The molecule has 0 spiro atoms. The lowest BCUT2D eigenvalue weighted by Gasteiger charge is -2.15. The number of benzene rings is 1. The van der Waals surface area contributed by atoms with Crippen LogP contribution in [0.4, 0.5) is 4.39 Å². The minimum absolute atomic E-state index is 0.0668. The maximum Gasteiger partial charge on any atom is 0.268 e. The second-order valence-electron chi connectivity index (χ2n) is 5.57. The summed E-state index contributed by atoms with van der Waals surface area (Å²) in [6.07, 6.45) is 2.37. The Balaban J connectivity index is 1.87. The van der Waals surface area contributed by atoms with E-state index in [-0.39, 0.29) is 23.9 Å². The van der Waals surface area contributed by atoms with Gasteiger partial charge in [0.05, 0.1) is 0 Å². The molecule has 3 N–H and O–H groups in total. The molecule has 1 amide bonds. The summed E-state index contributed by atoms with van der Waals surface area (Å²) in [5.74, 6) is -0.519. The van der Waals surface area contributed by atoms with Gasteiger partial charge < -0.3 is 15.4 Å². The topological polar surface area (TPSA) is 65.1 Å². The first kappa shape index (κ1) is 13.1. The third kappa shape index (κ3) is 2.29. The fraction of sp³-hybridized carbons (Fsp3) is 0.400. The fourth-order valence-corrected chi connectivity index (χ4v) is 2.61. The van der Waals surface area contributed by atoms with Crippen LogP contribution in [0.5, 0.6) is 0 Å². The average Bonchev–Trinajstić information content (AvgIpc) is 2.98. The standard InChI is InChI=1S/C15H17FN2O2/c1-9-6-10(16)7-12-11(9)8-13(17-12)14(20)18-15(2-3-15)4-5-19/h6-8,17,19H,2-5H2,1H3,(H,18,20). The lowest BCUT2D eigenvalue weighted by molar-refractivity contribution is 0.0919. The van der Waals surface area contributed by atoms with E-state index in [4.69, 9.17) is 5.11 Å². The first-order valence-electron chi connectivity index (χ1n) is 6.75. The zero-order valence-electron chi connectivity index (χ0n) is 11.3. The molecule has 1 fully saturated rings. The van der Waals surface area contributed by atoms with E-state index in [1.807, 2.05) is 6.92 Å². The van der Waals surface area contributed by atoms with Gasteiger partial charge >= 0.3 is 0 Å². The van der Waals surface area contributed by atoms with Crippen molar-refractivity contribution in [2.45, 2.75) is 31.7 Å². The zero-order valence-corrected chi connectivity index (χ0v) is 11.3. The number of carbonyl (C=O) groups is 1. The zero-order chi connectivity index (χ0) is 14.3. The molecule has 0 saturated heterocycles. The number of H-pyrrole nitrogens is 1. The van der Waals surface area contributed by atoms with Gasteiger partial charge in [0.2, 0.25) is 0 Å². The average molecular weight is 276 g/mol. The van der Waals surface area contributed by atoms with Crippen molar-refractivity contribution in [2.24, 2.45) is 0 Å². The van der Waals surface area contributed by atoms with E-state index in [2.05, 4.69) is 10.3 Å². The molecule has 0 bridgehead atoms. The lowest BCUT2D eigenvalue weighted by Crippen LogP contribution is -2.37. The Labute approximate surface area is 116 Å². The molecule has 2 aromatic rings. The molecule has 0 unspecified atom stereocenters. The van der Waals surface area contributed by atoms with Gasteiger partial charge in [-0.3, -0.25) is 4.79 Å². The van der Waals surface area contributed by atoms with Gasteiger partial charge in [0.1, 0.15) is 11.5 Å². The molecule has 0 aliphatic heterocycles. The van der Waals surface area contributed by atoms with Crippen LogP contribution in [0.25, 0.3) is 10.9 Å². The summed E-state index contributed by atoms with van der Waals surface area (Å²) in [7, 11) is 0. The summed E-state index contributed by atoms with van der Waals surface area (Å²) in [4.78, 5) is 15.2. The highest BCUT2D eigenvalue weighted by molar-refractivity contribution is 5.99. The van der Waals surface area contributed by atoms with Crippen LogP contribution in [-0.4, -0.2) is 28.1 Å². The van der Waals surface area contributed by atoms with Crippen molar-refractivity contribution in [2.75, 3.05) is 6.61 Å². The molecule has 0 atom stereocenters. The summed E-state index contributed by atoms with van der Waals surface area (Å²) in [5, 5.41) is 12.8. The number of hydrogen-bond acceptors (Lipinski definition) is 2.